The third-order valence-corrected chi connectivity index (χ3v) is 2.38. The van der Waals surface area contributed by atoms with Crippen molar-refractivity contribution in [1.29, 1.82) is 0 Å². The van der Waals surface area contributed by atoms with Gasteiger partial charge in [0.25, 0.3) is 5.13 Å². The van der Waals surface area contributed by atoms with Gasteiger partial charge in [-0.25, -0.2) is 4.39 Å². The summed E-state index contributed by atoms with van der Waals surface area (Å²) in [6.45, 7) is 0. The molecule has 0 heterocycles. The van der Waals surface area contributed by atoms with E-state index in [0.29, 0.717) is 0 Å². The SMILES string of the molecule is NC(=O)CC[C@](F)(Cl)C(F)(F)Br. The molecule has 0 aromatic rings. The second-order valence-electron chi connectivity index (χ2n) is 2.17. The summed E-state index contributed by atoms with van der Waals surface area (Å²) < 4.78 is 37.1. The number of alkyl halides is 5. The van der Waals surface area contributed by atoms with Crippen molar-refractivity contribution in [1.82, 2.24) is 0 Å². The molecule has 0 aromatic heterocycles. The third kappa shape index (κ3) is 3.62. The van der Waals surface area contributed by atoms with Gasteiger partial charge in [-0.05, 0) is 15.9 Å². The van der Waals surface area contributed by atoms with Crippen molar-refractivity contribution >= 4 is 33.4 Å². The fourth-order valence-corrected chi connectivity index (χ4v) is 0.715. The molecule has 0 rings (SSSR count). The first-order chi connectivity index (χ1) is 5.17. The van der Waals surface area contributed by atoms with Crippen LogP contribution in [0, 0.1) is 0 Å². The Kier molecular flexibility index (Phi) is 3.84. The number of hydrogen-bond donors (Lipinski definition) is 1. The van der Waals surface area contributed by atoms with Crippen LogP contribution in [0.15, 0.2) is 0 Å². The predicted molar refractivity (Wildman–Crippen MR) is 42.0 cm³/mol. The number of amides is 1. The van der Waals surface area contributed by atoms with Crippen molar-refractivity contribution in [3.63, 3.8) is 0 Å². The molecule has 2 N–H and O–H groups in total. The summed E-state index contributed by atoms with van der Waals surface area (Å²) in [5.74, 6) is -0.880. The molecule has 0 fully saturated rings. The van der Waals surface area contributed by atoms with Gasteiger partial charge in [-0.1, -0.05) is 11.6 Å². The molecule has 0 radical (unpaired) electrons. The van der Waals surface area contributed by atoms with E-state index in [9.17, 15) is 18.0 Å². The van der Waals surface area contributed by atoms with Crippen LogP contribution in [-0.2, 0) is 4.79 Å². The van der Waals surface area contributed by atoms with Crippen molar-refractivity contribution in [2.24, 2.45) is 5.73 Å². The lowest BCUT2D eigenvalue weighted by atomic mass is 10.2. The highest BCUT2D eigenvalue weighted by atomic mass is 79.9. The molecule has 7 heteroatoms. The van der Waals surface area contributed by atoms with Gasteiger partial charge in [0.1, 0.15) is 0 Å². The molecule has 12 heavy (non-hydrogen) atoms. The van der Waals surface area contributed by atoms with Gasteiger partial charge in [-0.2, -0.15) is 8.78 Å². The lowest BCUT2D eigenvalue weighted by Crippen LogP contribution is -2.34. The van der Waals surface area contributed by atoms with Crippen LogP contribution >= 0.6 is 27.5 Å². The minimum atomic E-state index is -3.86. The summed E-state index contributed by atoms with van der Waals surface area (Å²) in [7, 11) is 0. The summed E-state index contributed by atoms with van der Waals surface area (Å²) in [5.41, 5.74) is 4.62. The summed E-state index contributed by atoms with van der Waals surface area (Å²) in [5, 5.41) is -3.28. The Labute approximate surface area is 80.4 Å². The average Bonchev–Trinajstić information content (AvgIpc) is 1.81. The highest BCUT2D eigenvalue weighted by molar-refractivity contribution is 9.10. The first-order valence-electron chi connectivity index (χ1n) is 2.89. The van der Waals surface area contributed by atoms with Gasteiger partial charge in [-0.3, -0.25) is 4.79 Å². The Bertz CT molecular complexity index is 182. The fourth-order valence-electron chi connectivity index (χ4n) is 0.422. The van der Waals surface area contributed by atoms with Crippen molar-refractivity contribution in [3.05, 3.63) is 0 Å². The highest BCUT2D eigenvalue weighted by Crippen LogP contribution is 2.44. The van der Waals surface area contributed by atoms with Crippen LogP contribution in [0.25, 0.3) is 0 Å². The molecule has 0 spiro atoms. The normalized spacial score (nSPS) is 17.1. The molecule has 1 atom stereocenters. The van der Waals surface area contributed by atoms with E-state index in [0.717, 1.165) is 0 Å². The van der Waals surface area contributed by atoms with Gasteiger partial charge in [0.15, 0.2) is 0 Å². The second kappa shape index (κ2) is 3.83. The minimum Gasteiger partial charge on any atom is -0.370 e. The van der Waals surface area contributed by atoms with Crippen molar-refractivity contribution in [3.8, 4) is 0 Å². The maximum atomic E-state index is 12.7. The van der Waals surface area contributed by atoms with Gasteiger partial charge in [-0.15, -0.1) is 0 Å². The quantitative estimate of drug-likeness (QED) is 0.780. The Hall–Kier alpha value is 0.0300. The summed E-state index contributed by atoms with van der Waals surface area (Å²) >= 11 is 6.54. The zero-order valence-corrected chi connectivity index (χ0v) is 8.13. The number of primary amides is 1. The Morgan fingerprint density at radius 3 is 2.17 bits per heavy atom. The summed E-state index contributed by atoms with van der Waals surface area (Å²) in [6, 6.07) is 0. The number of halogens is 5. The van der Waals surface area contributed by atoms with Gasteiger partial charge in [0, 0.05) is 12.8 Å². The predicted octanol–water partition coefficient (Wildman–Crippen LogP) is 2.14. The van der Waals surface area contributed by atoms with Crippen LogP contribution in [0.1, 0.15) is 12.8 Å². The van der Waals surface area contributed by atoms with Crippen LogP contribution in [0.5, 0.6) is 0 Å². The van der Waals surface area contributed by atoms with E-state index in [-0.39, 0.29) is 0 Å². The van der Waals surface area contributed by atoms with E-state index in [1.807, 2.05) is 0 Å². The number of carbonyl (C=O) groups excluding carboxylic acids is 1. The maximum absolute atomic E-state index is 12.7. The van der Waals surface area contributed by atoms with Crippen molar-refractivity contribution < 1.29 is 18.0 Å². The molecule has 0 aliphatic rings. The second-order valence-corrected chi connectivity index (χ2v) is 3.76. The van der Waals surface area contributed by atoms with Crippen LogP contribution in [0.2, 0.25) is 0 Å². The van der Waals surface area contributed by atoms with Gasteiger partial charge < -0.3 is 5.73 Å². The van der Waals surface area contributed by atoms with E-state index < -0.39 is 28.7 Å². The monoisotopic (exact) mass is 267 g/mol. The van der Waals surface area contributed by atoms with Crippen LogP contribution in [0.4, 0.5) is 13.2 Å². The molecule has 0 bridgehead atoms. The zero-order valence-electron chi connectivity index (χ0n) is 5.79. The number of hydrogen-bond acceptors (Lipinski definition) is 1. The van der Waals surface area contributed by atoms with Gasteiger partial charge in [0.2, 0.25) is 5.91 Å². The number of carbonyl (C=O) groups is 1. The molecule has 0 saturated heterocycles. The van der Waals surface area contributed by atoms with E-state index in [1.165, 1.54) is 0 Å². The van der Waals surface area contributed by atoms with Crippen LogP contribution in [-0.4, -0.2) is 15.9 Å². The first kappa shape index (κ1) is 12.0. The largest absolute Gasteiger partial charge is 0.370 e. The molecule has 2 nitrogen and oxygen atoms in total. The van der Waals surface area contributed by atoms with E-state index in [4.69, 9.17) is 11.6 Å². The Balaban J connectivity index is 4.14. The van der Waals surface area contributed by atoms with Crippen molar-refractivity contribution in [2.45, 2.75) is 22.8 Å². The smallest absolute Gasteiger partial charge is 0.348 e. The van der Waals surface area contributed by atoms with Crippen LogP contribution < -0.4 is 5.73 Å². The summed E-state index contributed by atoms with van der Waals surface area (Å²) in [4.78, 5) is 6.25. The number of rotatable bonds is 4. The van der Waals surface area contributed by atoms with Crippen molar-refractivity contribution in [2.75, 3.05) is 0 Å². The zero-order chi connectivity index (χ0) is 9.99. The summed E-state index contributed by atoms with van der Waals surface area (Å²) in [6.07, 6.45) is -1.36. The van der Waals surface area contributed by atoms with E-state index in [1.54, 1.807) is 15.9 Å². The lowest BCUT2D eigenvalue weighted by Gasteiger charge is -2.22. The molecule has 0 saturated carbocycles. The molecule has 0 aromatic carbocycles. The van der Waals surface area contributed by atoms with Gasteiger partial charge in [0.05, 0.1) is 0 Å². The third-order valence-electron chi connectivity index (χ3n) is 1.10. The van der Waals surface area contributed by atoms with Crippen LogP contribution in [0.3, 0.4) is 0 Å². The highest BCUT2D eigenvalue weighted by Gasteiger charge is 2.51. The van der Waals surface area contributed by atoms with E-state index >= 15 is 0 Å². The Morgan fingerprint density at radius 2 is 1.92 bits per heavy atom. The minimum absolute atomic E-state index is 0.527. The molecular formula is C5H6BrClF3NO. The Morgan fingerprint density at radius 1 is 1.50 bits per heavy atom. The average molecular weight is 268 g/mol. The van der Waals surface area contributed by atoms with E-state index in [2.05, 4.69) is 5.73 Å². The lowest BCUT2D eigenvalue weighted by molar-refractivity contribution is -0.119. The topological polar surface area (TPSA) is 43.1 Å². The van der Waals surface area contributed by atoms with Gasteiger partial charge >= 0.3 is 4.83 Å². The molecule has 0 aliphatic carbocycles. The molecular weight excluding hydrogens is 262 g/mol. The fraction of sp³-hybridized carbons (Fsp3) is 0.800. The maximum Gasteiger partial charge on any atom is 0.348 e. The standard InChI is InChI=1S/C5H6BrClF3NO/c6-5(9,10)4(7,8)2-1-3(11)12/h1-2H2,(H2,11,12)/t4-/m1/s1. The first-order valence-corrected chi connectivity index (χ1v) is 4.07. The molecule has 0 unspecified atom stereocenters. The molecule has 0 aliphatic heterocycles. The number of nitrogens with two attached hydrogens (primary N) is 1. The molecule has 72 valence electrons. The molecule has 1 amide bonds.